The van der Waals surface area contributed by atoms with E-state index < -0.39 is 18.4 Å². The quantitative estimate of drug-likeness (QED) is 0.693. The fourth-order valence-electron chi connectivity index (χ4n) is 2.06. The summed E-state index contributed by atoms with van der Waals surface area (Å²) < 4.78 is 11.3. The van der Waals surface area contributed by atoms with Gasteiger partial charge in [-0.05, 0) is 33.1 Å². The van der Waals surface area contributed by atoms with Gasteiger partial charge in [0, 0.05) is 5.54 Å². The molecular weight excluding hydrogens is 205 g/mol. The Balaban J connectivity index is 3.12. The molecule has 1 rings (SSSR count). The Bertz CT molecular complexity index is 275. The lowest BCUT2D eigenvalue weighted by Crippen LogP contribution is -2.47. The van der Waals surface area contributed by atoms with Crippen LogP contribution in [0, 0.1) is 0 Å². The molecule has 14 heavy (non-hydrogen) atoms. The SMILES string of the molecule is CCC1(P(=O)(O)O)CCC(C)(C)N1[O]. The molecule has 1 radical (unpaired) electrons. The van der Waals surface area contributed by atoms with Gasteiger partial charge < -0.3 is 9.79 Å². The molecule has 0 bridgehead atoms. The molecule has 0 aromatic carbocycles. The normalized spacial score (nSPS) is 33.6. The van der Waals surface area contributed by atoms with Gasteiger partial charge in [0.2, 0.25) is 0 Å². The molecule has 1 saturated heterocycles. The third-order valence-electron chi connectivity index (χ3n) is 3.17. The van der Waals surface area contributed by atoms with E-state index in [1.54, 1.807) is 20.8 Å². The first-order chi connectivity index (χ1) is 6.17. The van der Waals surface area contributed by atoms with Gasteiger partial charge in [-0.2, -0.15) is 0 Å². The number of hydrogen-bond acceptors (Lipinski definition) is 2. The number of nitrogens with zero attached hydrogens (tertiary/aromatic N) is 1. The standard InChI is InChI=1S/C8H17NO4P/c1-4-8(14(11,12)13)6-5-7(2,3)9(8)10/h4-6H2,1-3H3,(H2,11,12,13). The number of hydrogen-bond donors (Lipinski definition) is 2. The predicted molar refractivity (Wildman–Crippen MR) is 50.9 cm³/mol. The second kappa shape index (κ2) is 3.29. The van der Waals surface area contributed by atoms with Gasteiger partial charge in [0.05, 0.1) is 0 Å². The summed E-state index contributed by atoms with van der Waals surface area (Å²) in [5.74, 6) is 0. The van der Waals surface area contributed by atoms with Crippen molar-refractivity contribution in [1.29, 1.82) is 0 Å². The van der Waals surface area contributed by atoms with E-state index >= 15 is 0 Å². The first-order valence-corrected chi connectivity index (χ1v) is 6.32. The van der Waals surface area contributed by atoms with Gasteiger partial charge in [-0.15, -0.1) is 10.3 Å². The first-order valence-electron chi connectivity index (χ1n) is 4.70. The molecule has 1 aliphatic heterocycles. The molecule has 0 aromatic rings. The Morgan fingerprint density at radius 2 is 1.86 bits per heavy atom. The minimum Gasteiger partial charge on any atom is -0.323 e. The van der Waals surface area contributed by atoms with E-state index in [1.165, 1.54) is 0 Å². The summed E-state index contributed by atoms with van der Waals surface area (Å²) in [7, 11) is -4.37. The van der Waals surface area contributed by atoms with Gasteiger partial charge in [-0.3, -0.25) is 4.57 Å². The lowest BCUT2D eigenvalue weighted by molar-refractivity contribution is -0.235. The van der Waals surface area contributed by atoms with Crippen LogP contribution in [-0.2, 0) is 9.77 Å². The van der Waals surface area contributed by atoms with Gasteiger partial charge in [0.25, 0.3) is 0 Å². The fourth-order valence-corrected chi connectivity index (χ4v) is 3.39. The molecule has 0 aliphatic carbocycles. The van der Waals surface area contributed by atoms with Crippen molar-refractivity contribution < 1.29 is 19.6 Å². The zero-order chi connectivity index (χ0) is 11.2. The van der Waals surface area contributed by atoms with E-state index in [0.29, 0.717) is 11.5 Å². The molecule has 1 fully saturated rings. The van der Waals surface area contributed by atoms with Gasteiger partial charge in [0.1, 0.15) is 0 Å². The highest BCUT2D eigenvalue weighted by Gasteiger charge is 2.60. The summed E-state index contributed by atoms with van der Waals surface area (Å²) in [4.78, 5) is 18.5. The predicted octanol–water partition coefficient (Wildman–Crippen LogP) is 1.49. The van der Waals surface area contributed by atoms with E-state index in [-0.39, 0.29) is 12.8 Å². The number of hydroxylamine groups is 2. The molecule has 1 heterocycles. The average molecular weight is 222 g/mol. The molecule has 0 spiro atoms. The van der Waals surface area contributed by atoms with E-state index in [4.69, 9.17) is 0 Å². The third-order valence-corrected chi connectivity index (χ3v) is 4.98. The second-order valence-electron chi connectivity index (χ2n) is 4.49. The Morgan fingerprint density at radius 3 is 2.00 bits per heavy atom. The van der Waals surface area contributed by atoms with Gasteiger partial charge in [-0.1, -0.05) is 6.92 Å². The van der Waals surface area contributed by atoms with Gasteiger partial charge in [0.15, 0.2) is 5.28 Å². The van der Waals surface area contributed by atoms with E-state index in [1.807, 2.05) is 0 Å². The summed E-state index contributed by atoms with van der Waals surface area (Å²) in [6, 6.07) is 0. The molecule has 0 saturated carbocycles. The van der Waals surface area contributed by atoms with Crippen molar-refractivity contribution in [2.45, 2.75) is 50.9 Å². The van der Waals surface area contributed by atoms with Crippen molar-refractivity contribution in [3.63, 3.8) is 0 Å². The summed E-state index contributed by atoms with van der Waals surface area (Å²) in [6.45, 7) is 5.07. The summed E-state index contributed by atoms with van der Waals surface area (Å²) in [6.07, 6.45) is 0.976. The Labute approximate surface area is 83.8 Å². The van der Waals surface area contributed by atoms with Crippen molar-refractivity contribution in [3.8, 4) is 0 Å². The molecule has 1 aliphatic rings. The Hall–Kier alpha value is 0.0700. The lowest BCUT2D eigenvalue weighted by atomic mass is 10.0. The summed E-state index contributed by atoms with van der Waals surface area (Å²) >= 11 is 0. The lowest BCUT2D eigenvalue weighted by Gasteiger charge is -2.36. The summed E-state index contributed by atoms with van der Waals surface area (Å²) in [5, 5.41) is 11.0. The van der Waals surface area contributed by atoms with Crippen LogP contribution in [0.4, 0.5) is 0 Å². The van der Waals surface area contributed by atoms with Crippen LogP contribution in [0.5, 0.6) is 0 Å². The van der Waals surface area contributed by atoms with Crippen LogP contribution in [0.25, 0.3) is 0 Å². The van der Waals surface area contributed by atoms with Crippen molar-refractivity contribution in [3.05, 3.63) is 0 Å². The van der Waals surface area contributed by atoms with Crippen LogP contribution in [0.15, 0.2) is 0 Å². The molecule has 5 nitrogen and oxygen atoms in total. The van der Waals surface area contributed by atoms with Gasteiger partial charge in [-0.25, -0.2) is 0 Å². The molecular formula is C8H17NO4P. The molecule has 1 atom stereocenters. The maximum absolute atomic E-state index is 11.9. The third kappa shape index (κ3) is 1.53. The maximum atomic E-state index is 11.9. The Kier molecular flexibility index (Phi) is 2.85. The number of rotatable bonds is 2. The summed E-state index contributed by atoms with van der Waals surface area (Å²) in [5.41, 5.74) is -0.670. The van der Waals surface area contributed by atoms with Crippen LogP contribution < -0.4 is 0 Å². The van der Waals surface area contributed by atoms with Crippen molar-refractivity contribution in [2.24, 2.45) is 0 Å². The second-order valence-corrected chi connectivity index (χ2v) is 6.41. The monoisotopic (exact) mass is 222 g/mol. The van der Waals surface area contributed by atoms with Crippen LogP contribution in [-0.4, -0.2) is 25.7 Å². The van der Waals surface area contributed by atoms with Crippen LogP contribution in [0.2, 0.25) is 0 Å². The van der Waals surface area contributed by atoms with Crippen molar-refractivity contribution >= 4 is 7.60 Å². The molecule has 2 N–H and O–H groups in total. The molecule has 0 amide bonds. The first kappa shape index (κ1) is 12.1. The average Bonchev–Trinajstić information content (AvgIpc) is 2.25. The maximum Gasteiger partial charge on any atom is 0.348 e. The fraction of sp³-hybridized carbons (Fsp3) is 1.00. The minimum atomic E-state index is -4.37. The minimum absolute atomic E-state index is 0.185. The van der Waals surface area contributed by atoms with Gasteiger partial charge >= 0.3 is 7.60 Å². The largest absolute Gasteiger partial charge is 0.348 e. The topological polar surface area (TPSA) is 80.7 Å². The zero-order valence-corrected chi connectivity index (χ0v) is 9.62. The van der Waals surface area contributed by atoms with Crippen LogP contribution >= 0.6 is 7.60 Å². The van der Waals surface area contributed by atoms with E-state index in [9.17, 15) is 19.6 Å². The van der Waals surface area contributed by atoms with Crippen molar-refractivity contribution in [2.75, 3.05) is 0 Å². The van der Waals surface area contributed by atoms with E-state index in [2.05, 4.69) is 0 Å². The highest BCUT2D eigenvalue weighted by molar-refractivity contribution is 7.53. The molecule has 1 unspecified atom stereocenters. The van der Waals surface area contributed by atoms with Crippen molar-refractivity contribution in [1.82, 2.24) is 5.06 Å². The van der Waals surface area contributed by atoms with Crippen LogP contribution in [0.1, 0.15) is 40.0 Å². The highest BCUT2D eigenvalue weighted by Crippen LogP contribution is 2.62. The van der Waals surface area contributed by atoms with Crippen LogP contribution in [0.3, 0.4) is 0 Å². The molecule has 83 valence electrons. The zero-order valence-electron chi connectivity index (χ0n) is 8.73. The van der Waals surface area contributed by atoms with E-state index in [0.717, 1.165) is 0 Å². The highest BCUT2D eigenvalue weighted by atomic mass is 31.2. The smallest absolute Gasteiger partial charge is 0.323 e. The molecule has 6 heteroatoms. The Morgan fingerprint density at radius 1 is 1.36 bits per heavy atom. The molecule has 0 aromatic heterocycles.